The van der Waals surface area contributed by atoms with Crippen molar-refractivity contribution in [2.24, 2.45) is 0 Å². The Kier molecular flexibility index (Phi) is 6.56. The molecule has 0 N–H and O–H groups in total. The first-order chi connectivity index (χ1) is 14.0. The molecule has 0 aliphatic carbocycles. The molecule has 0 unspecified atom stereocenters. The summed E-state index contributed by atoms with van der Waals surface area (Å²) in [6.07, 6.45) is 0. The van der Waals surface area contributed by atoms with Gasteiger partial charge in [-0.3, -0.25) is 29.3 Å². The molecule has 30 heavy (non-hydrogen) atoms. The minimum absolute atomic E-state index is 0.0744. The second-order valence-corrected chi connectivity index (χ2v) is 7.77. The number of rotatable bonds is 8. The quantitative estimate of drug-likeness (QED) is 0.341. The lowest BCUT2D eigenvalue weighted by Gasteiger charge is -2.24. The van der Waals surface area contributed by atoms with Crippen molar-refractivity contribution in [2.45, 2.75) is 11.8 Å². The number of non-ortho nitro benzene ring substituents is 1. The number of carbonyl (C=O) groups is 1. The molecular weight excluding hydrogens is 422 g/mol. The Morgan fingerprint density at radius 2 is 1.73 bits per heavy atom. The lowest BCUT2D eigenvalue weighted by atomic mass is 10.2. The molecule has 2 rings (SSSR count). The molecule has 0 bridgehead atoms. The molecule has 0 saturated carbocycles. The Morgan fingerprint density at radius 3 is 2.27 bits per heavy atom. The van der Waals surface area contributed by atoms with Crippen molar-refractivity contribution in [1.29, 1.82) is 0 Å². The molecular formula is C17H17N3O9S. The van der Waals surface area contributed by atoms with Gasteiger partial charge in [-0.1, -0.05) is 6.07 Å². The van der Waals surface area contributed by atoms with Gasteiger partial charge in [0, 0.05) is 23.8 Å². The molecule has 2 aromatic carbocycles. The summed E-state index contributed by atoms with van der Waals surface area (Å²) in [5.74, 6) is -1.04. The number of methoxy groups -OCH3 is 2. The van der Waals surface area contributed by atoms with Crippen LogP contribution in [0.15, 0.2) is 41.3 Å². The molecule has 13 heteroatoms. The van der Waals surface area contributed by atoms with Crippen molar-refractivity contribution in [2.75, 3.05) is 25.1 Å². The minimum atomic E-state index is -4.58. The van der Waals surface area contributed by atoms with Crippen LogP contribution in [0.3, 0.4) is 0 Å². The number of anilines is 1. The molecule has 0 atom stereocenters. The zero-order valence-corrected chi connectivity index (χ0v) is 16.9. The van der Waals surface area contributed by atoms with Crippen molar-refractivity contribution < 1.29 is 32.5 Å². The van der Waals surface area contributed by atoms with Gasteiger partial charge in [0.25, 0.3) is 21.4 Å². The van der Waals surface area contributed by atoms with E-state index in [1.165, 1.54) is 26.2 Å². The monoisotopic (exact) mass is 439 g/mol. The van der Waals surface area contributed by atoms with Crippen LogP contribution in [0.1, 0.15) is 5.56 Å². The number of sulfonamides is 1. The highest BCUT2D eigenvalue weighted by molar-refractivity contribution is 7.92. The van der Waals surface area contributed by atoms with Gasteiger partial charge >= 0.3 is 5.97 Å². The molecule has 0 fully saturated rings. The van der Waals surface area contributed by atoms with Crippen LogP contribution in [0.5, 0.6) is 5.75 Å². The zero-order chi connectivity index (χ0) is 22.6. The second kappa shape index (κ2) is 8.73. The Labute approximate surface area is 171 Å². The molecule has 2 aromatic rings. The number of hydrogen-bond donors (Lipinski definition) is 0. The lowest BCUT2D eigenvalue weighted by molar-refractivity contribution is -0.385. The number of nitro groups is 2. The predicted octanol–water partition coefficient (Wildman–Crippen LogP) is 2.19. The number of aryl methyl sites for hydroxylation is 1. The van der Waals surface area contributed by atoms with Gasteiger partial charge in [-0.25, -0.2) is 8.42 Å². The van der Waals surface area contributed by atoms with Crippen molar-refractivity contribution >= 4 is 33.1 Å². The standard InChI is InChI=1S/C17H17N3O9S/c1-11-4-6-13(9-14(11)20(24)25)30(26,27)18(10-17(21)29-3)15-8-12(19(22)23)5-7-16(15)28-2/h4-9H,10H2,1-3H3. The highest BCUT2D eigenvalue weighted by atomic mass is 32.2. The van der Waals surface area contributed by atoms with E-state index in [1.807, 2.05) is 0 Å². The number of benzene rings is 2. The topological polar surface area (TPSA) is 159 Å². The van der Waals surface area contributed by atoms with Crippen LogP contribution in [-0.4, -0.2) is 45.0 Å². The van der Waals surface area contributed by atoms with Crippen molar-refractivity contribution in [3.63, 3.8) is 0 Å². The third kappa shape index (κ3) is 4.46. The van der Waals surface area contributed by atoms with Gasteiger partial charge < -0.3 is 9.47 Å². The number of ether oxygens (including phenoxy) is 2. The Balaban J connectivity index is 2.75. The summed E-state index contributed by atoms with van der Waals surface area (Å²) in [7, 11) is -2.33. The van der Waals surface area contributed by atoms with E-state index < -0.39 is 48.7 Å². The maximum atomic E-state index is 13.3. The first-order valence-corrected chi connectivity index (χ1v) is 9.64. The van der Waals surface area contributed by atoms with E-state index in [9.17, 15) is 33.4 Å². The number of carbonyl (C=O) groups excluding carboxylic acids is 1. The van der Waals surface area contributed by atoms with Crippen LogP contribution < -0.4 is 9.04 Å². The summed E-state index contributed by atoms with van der Waals surface area (Å²) in [6.45, 7) is 0.586. The van der Waals surface area contributed by atoms with E-state index in [0.29, 0.717) is 4.31 Å². The van der Waals surface area contributed by atoms with Gasteiger partial charge in [0.15, 0.2) is 0 Å². The van der Waals surface area contributed by atoms with Crippen molar-refractivity contribution in [3.05, 3.63) is 62.2 Å². The summed E-state index contributed by atoms with van der Waals surface area (Å²) in [4.78, 5) is 32.3. The molecule has 0 amide bonds. The summed E-state index contributed by atoms with van der Waals surface area (Å²) in [5, 5.41) is 22.4. The molecule has 0 saturated heterocycles. The van der Waals surface area contributed by atoms with E-state index >= 15 is 0 Å². The minimum Gasteiger partial charge on any atom is -0.495 e. The number of esters is 1. The maximum Gasteiger partial charge on any atom is 0.326 e. The normalized spacial score (nSPS) is 10.9. The third-order valence-electron chi connectivity index (χ3n) is 4.11. The van der Waals surface area contributed by atoms with Gasteiger partial charge in [-0.05, 0) is 19.1 Å². The predicted molar refractivity (Wildman–Crippen MR) is 104 cm³/mol. The van der Waals surface area contributed by atoms with Crippen LogP contribution in [0.4, 0.5) is 17.1 Å². The van der Waals surface area contributed by atoms with Crippen LogP contribution in [0.2, 0.25) is 0 Å². The van der Waals surface area contributed by atoms with E-state index in [-0.39, 0.29) is 17.0 Å². The van der Waals surface area contributed by atoms with Crippen molar-refractivity contribution in [3.8, 4) is 5.75 Å². The summed E-state index contributed by atoms with van der Waals surface area (Å²) < 4.78 is 36.8. The molecule has 0 aromatic heterocycles. The average molecular weight is 439 g/mol. The Hall–Kier alpha value is -3.74. The van der Waals surface area contributed by atoms with E-state index in [4.69, 9.17) is 4.74 Å². The van der Waals surface area contributed by atoms with Crippen molar-refractivity contribution in [1.82, 2.24) is 0 Å². The Bertz CT molecular complexity index is 1120. The molecule has 0 spiro atoms. The van der Waals surface area contributed by atoms with Crippen LogP contribution in [0.25, 0.3) is 0 Å². The SMILES string of the molecule is COC(=O)CN(c1cc([N+](=O)[O-])ccc1OC)S(=O)(=O)c1ccc(C)c([N+](=O)[O-])c1. The first kappa shape index (κ1) is 22.5. The summed E-state index contributed by atoms with van der Waals surface area (Å²) in [5.41, 5.74) is -0.974. The molecule has 160 valence electrons. The van der Waals surface area contributed by atoms with Gasteiger partial charge in [0.1, 0.15) is 18.0 Å². The van der Waals surface area contributed by atoms with Crippen LogP contribution >= 0.6 is 0 Å². The van der Waals surface area contributed by atoms with Crippen LogP contribution in [-0.2, 0) is 19.6 Å². The summed E-state index contributed by atoms with van der Waals surface area (Å²) in [6, 6.07) is 6.41. The largest absolute Gasteiger partial charge is 0.495 e. The number of hydrogen-bond acceptors (Lipinski definition) is 9. The summed E-state index contributed by atoms with van der Waals surface area (Å²) >= 11 is 0. The average Bonchev–Trinajstić information content (AvgIpc) is 2.70. The Morgan fingerprint density at radius 1 is 1.07 bits per heavy atom. The van der Waals surface area contributed by atoms with Gasteiger partial charge in [0.2, 0.25) is 0 Å². The fraction of sp³-hybridized carbons (Fsp3) is 0.235. The number of nitro benzene ring substituents is 2. The lowest BCUT2D eigenvalue weighted by Crippen LogP contribution is -2.36. The van der Waals surface area contributed by atoms with E-state index in [0.717, 1.165) is 31.4 Å². The third-order valence-corrected chi connectivity index (χ3v) is 5.86. The second-order valence-electron chi connectivity index (χ2n) is 5.91. The fourth-order valence-electron chi connectivity index (χ4n) is 2.54. The van der Waals surface area contributed by atoms with Gasteiger partial charge in [-0.2, -0.15) is 0 Å². The van der Waals surface area contributed by atoms with E-state index in [1.54, 1.807) is 0 Å². The highest BCUT2D eigenvalue weighted by Crippen LogP contribution is 2.36. The zero-order valence-electron chi connectivity index (χ0n) is 16.1. The highest BCUT2D eigenvalue weighted by Gasteiger charge is 2.32. The number of nitrogens with zero attached hydrogens (tertiary/aromatic N) is 3. The molecule has 0 radical (unpaired) electrons. The van der Waals surface area contributed by atoms with Gasteiger partial charge in [0.05, 0.1) is 29.0 Å². The maximum absolute atomic E-state index is 13.3. The van der Waals surface area contributed by atoms with Crippen LogP contribution in [0, 0.1) is 27.2 Å². The first-order valence-electron chi connectivity index (χ1n) is 8.20. The smallest absolute Gasteiger partial charge is 0.326 e. The fourth-order valence-corrected chi connectivity index (χ4v) is 3.97. The van der Waals surface area contributed by atoms with Gasteiger partial charge in [-0.15, -0.1) is 0 Å². The molecule has 0 aliphatic heterocycles. The molecule has 0 aliphatic rings. The molecule has 12 nitrogen and oxygen atoms in total. The van der Waals surface area contributed by atoms with E-state index in [2.05, 4.69) is 4.74 Å². The molecule has 0 heterocycles.